The third-order valence-corrected chi connectivity index (χ3v) is 5.54. The number of nitrogens with zero attached hydrogens (tertiary/aromatic N) is 2. The van der Waals surface area contributed by atoms with Gasteiger partial charge in [0.05, 0.1) is 6.54 Å². The number of carbonyl (C=O) groups is 3. The third kappa shape index (κ3) is 5.08. The summed E-state index contributed by atoms with van der Waals surface area (Å²) in [4.78, 5) is 40.9. The highest BCUT2D eigenvalue weighted by Gasteiger charge is 2.25. The average molecular weight is 371 g/mol. The first kappa shape index (κ1) is 19.4. The van der Waals surface area contributed by atoms with E-state index in [2.05, 4.69) is 5.32 Å². The Hall–Kier alpha value is -2.37. The van der Waals surface area contributed by atoms with Crippen molar-refractivity contribution in [3.63, 3.8) is 0 Å². The van der Waals surface area contributed by atoms with Crippen LogP contribution >= 0.6 is 0 Å². The maximum absolute atomic E-state index is 12.7. The van der Waals surface area contributed by atoms with Gasteiger partial charge in [-0.05, 0) is 38.3 Å². The topological polar surface area (TPSA) is 69.7 Å². The van der Waals surface area contributed by atoms with Crippen LogP contribution in [0.3, 0.4) is 0 Å². The number of rotatable bonds is 4. The molecule has 0 radical (unpaired) electrons. The van der Waals surface area contributed by atoms with E-state index in [-0.39, 0.29) is 30.2 Å². The van der Waals surface area contributed by atoms with E-state index in [1.54, 1.807) is 4.90 Å². The Morgan fingerprint density at radius 1 is 1.00 bits per heavy atom. The number of hydrogen-bond donors (Lipinski definition) is 1. The van der Waals surface area contributed by atoms with Gasteiger partial charge < -0.3 is 15.1 Å². The quantitative estimate of drug-likeness (QED) is 0.880. The molecule has 1 saturated heterocycles. The lowest BCUT2D eigenvalue weighted by Crippen LogP contribution is -2.43. The molecule has 1 aromatic rings. The average Bonchev–Trinajstić information content (AvgIpc) is 3.10. The largest absolute Gasteiger partial charge is 0.347 e. The van der Waals surface area contributed by atoms with E-state index in [1.807, 2.05) is 36.1 Å². The second-order valence-corrected chi connectivity index (χ2v) is 7.60. The van der Waals surface area contributed by atoms with Crippen LogP contribution in [0.15, 0.2) is 24.3 Å². The standard InChI is InChI=1S/C21H29N3O3/c1-16-6-4-9-18(14-16)21(27)24-11-5-10-23(12-13-24)19(25)15-22-20(26)17-7-2-3-8-17/h4,6,9,14,17H,2-3,5,7-8,10-13,15H2,1H3,(H,22,26). The van der Waals surface area contributed by atoms with Crippen LogP contribution in [0.2, 0.25) is 0 Å². The van der Waals surface area contributed by atoms with E-state index < -0.39 is 0 Å². The highest BCUT2D eigenvalue weighted by molar-refractivity contribution is 5.94. The maximum atomic E-state index is 12.7. The van der Waals surface area contributed by atoms with Gasteiger partial charge in [-0.2, -0.15) is 0 Å². The zero-order chi connectivity index (χ0) is 19.2. The minimum absolute atomic E-state index is 0.00641. The molecule has 1 saturated carbocycles. The fourth-order valence-corrected chi connectivity index (χ4v) is 3.94. The molecule has 1 N–H and O–H groups in total. The number of nitrogens with one attached hydrogen (secondary N) is 1. The summed E-state index contributed by atoms with van der Waals surface area (Å²) < 4.78 is 0. The highest BCUT2D eigenvalue weighted by Crippen LogP contribution is 2.24. The summed E-state index contributed by atoms with van der Waals surface area (Å²) in [6.45, 7) is 4.33. The van der Waals surface area contributed by atoms with Gasteiger partial charge in [-0.3, -0.25) is 14.4 Å². The third-order valence-electron chi connectivity index (χ3n) is 5.54. The smallest absolute Gasteiger partial charge is 0.253 e. The Morgan fingerprint density at radius 3 is 2.44 bits per heavy atom. The minimum atomic E-state index is -0.0637. The van der Waals surface area contributed by atoms with Crippen LogP contribution in [0.4, 0.5) is 0 Å². The lowest BCUT2D eigenvalue weighted by molar-refractivity contribution is -0.133. The number of benzene rings is 1. The zero-order valence-electron chi connectivity index (χ0n) is 16.1. The van der Waals surface area contributed by atoms with Crippen LogP contribution in [0.1, 0.15) is 48.0 Å². The molecule has 2 fully saturated rings. The molecule has 0 aromatic heterocycles. The monoisotopic (exact) mass is 371 g/mol. The molecule has 0 atom stereocenters. The van der Waals surface area contributed by atoms with Crippen LogP contribution in [-0.2, 0) is 9.59 Å². The summed E-state index contributed by atoms with van der Waals surface area (Å²) in [7, 11) is 0. The Bertz CT molecular complexity index is 698. The molecule has 2 aliphatic rings. The Labute approximate surface area is 160 Å². The van der Waals surface area contributed by atoms with Gasteiger partial charge in [0.2, 0.25) is 11.8 Å². The molecule has 1 heterocycles. The molecular formula is C21H29N3O3. The predicted octanol–water partition coefficient (Wildman–Crippen LogP) is 1.98. The van der Waals surface area contributed by atoms with Gasteiger partial charge in [0.1, 0.15) is 0 Å². The van der Waals surface area contributed by atoms with Gasteiger partial charge in [-0.15, -0.1) is 0 Å². The normalized spacial score (nSPS) is 18.3. The van der Waals surface area contributed by atoms with E-state index in [1.165, 1.54) is 0 Å². The van der Waals surface area contributed by atoms with Crippen molar-refractivity contribution in [2.75, 3.05) is 32.7 Å². The van der Waals surface area contributed by atoms with Crippen molar-refractivity contribution in [3.8, 4) is 0 Å². The van der Waals surface area contributed by atoms with Crippen molar-refractivity contribution in [2.45, 2.75) is 39.0 Å². The molecular weight excluding hydrogens is 342 g/mol. The van der Waals surface area contributed by atoms with Crippen molar-refractivity contribution in [3.05, 3.63) is 35.4 Å². The predicted molar refractivity (Wildman–Crippen MR) is 103 cm³/mol. The number of aryl methyl sites for hydroxylation is 1. The Balaban J connectivity index is 1.49. The fourth-order valence-electron chi connectivity index (χ4n) is 3.94. The summed E-state index contributed by atoms with van der Waals surface area (Å²) in [5.74, 6) is 0.0324. The van der Waals surface area contributed by atoms with Gasteiger partial charge >= 0.3 is 0 Å². The van der Waals surface area contributed by atoms with Crippen molar-refractivity contribution in [2.24, 2.45) is 5.92 Å². The summed E-state index contributed by atoms with van der Waals surface area (Å²) in [6.07, 6.45) is 4.81. The number of amides is 3. The minimum Gasteiger partial charge on any atom is -0.347 e. The summed E-state index contributed by atoms with van der Waals surface area (Å²) >= 11 is 0. The van der Waals surface area contributed by atoms with Gasteiger partial charge in [-0.1, -0.05) is 30.5 Å². The molecule has 1 aliphatic carbocycles. The summed E-state index contributed by atoms with van der Waals surface area (Å²) in [5, 5.41) is 2.80. The second kappa shape index (κ2) is 9.02. The lowest BCUT2D eigenvalue weighted by atomic mass is 10.1. The molecule has 146 valence electrons. The summed E-state index contributed by atoms with van der Waals surface area (Å²) in [5.41, 5.74) is 1.75. The number of hydrogen-bond acceptors (Lipinski definition) is 3. The van der Waals surface area contributed by atoms with Crippen LogP contribution in [-0.4, -0.2) is 60.2 Å². The molecule has 0 bridgehead atoms. The first-order valence-corrected chi connectivity index (χ1v) is 9.96. The Kier molecular flexibility index (Phi) is 6.48. The summed E-state index contributed by atoms with van der Waals surface area (Å²) in [6, 6.07) is 7.60. The van der Waals surface area contributed by atoms with Gasteiger partial charge in [0.25, 0.3) is 5.91 Å². The van der Waals surface area contributed by atoms with E-state index in [9.17, 15) is 14.4 Å². The lowest BCUT2D eigenvalue weighted by Gasteiger charge is -2.23. The van der Waals surface area contributed by atoms with Gasteiger partial charge in [0, 0.05) is 37.7 Å². The molecule has 3 rings (SSSR count). The molecule has 0 unspecified atom stereocenters. The first-order chi connectivity index (χ1) is 13.0. The maximum Gasteiger partial charge on any atom is 0.253 e. The SMILES string of the molecule is Cc1cccc(C(=O)N2CCCN(C(=O)CNC(=O)C3CCCC3)CC2)c1. The zero-order valence-corrected chi connectivity index (χ0v) is 16.1. The first-order valence-electron chi connectivity index (χ1n) is 9.96. The molecule has 1 aliphatic heterocycles. The van der Waals surface area contributed by atoms with Crippen molar-refractivity contribution >= 4 is 17.7 Å². The molecule has 1 aromatic carbocycles. The molecule has 0 spiro atoms. The van der Waals surface area contributed by atoms with Crippen LogP contribution in [0.25, 0.3) is 0 Å². The van der Waals surface area contributed by atoms with Gasteiger partial charge in [0.15, 0.2) is 0 Å². The second-order valence-electron chi connectivity index (χ2n) is 7.60. The van der Waals surface area contributed by atoms with Crippen LogP contribution in [0.5, 0.6) is 0 Å². The van der Waals surface area contributed by atoms with Gasteiger partial charge in [-0.25, -0.2) is 0 Å². The highest BCUT2D eigenvalue weighted by atomic mass is 16.2. The number of carbonyl (C=O) groups excluding carboxylic acids is 3. The van der Waals surface area contributed by atoms with Crippen molar-refractivity contribution in [1.29, 1.82) is 0 Å². The fraction of sp³-hybridized carbons (Fsp3) is 0.571. The van der Waals surface area contributed by atoms with Crippen molar-refractivity contribution in [1.82, 2.24) is 15.1 Å². The molecule has 3 amide bonds. The van der Waals surface area contributed by atoms with E-state index in [0.29, 0.717) is 31.7 Å². The molecule has 27 heavy (non-hydrogen) atoms. The molecule has 6 nitrogen and oxygen atoms in total. The van der Waals surface area contributed by atoms with Crippen LogP contribution in [0, 0.1) is 12.8 Å². The van der Waals surface area contributed by atoms with E-state index >= 15 is 0 Å². The van der Waals surface area contributed by atoms with Crippen molar-refractivity contribution < 1.29 is 14.4 Å². The van der Waals surface area contributed by atoms with E-state index in [0.717, 1.165) is 37.7 Å². The van der Waals surface area contributed by atoms with E-state index in [4.69, 9.17) is 0 Å². The molecule has 6 heteroatoms. The Morgan fingerprint density at radius 2 is 1.70 bits per heavy atom. The van der Waals surface area contributed by atoms with Crippen LogP contribution < -0.4 is 5.32 Å².